The standard InChI is InChI=1S/C24H28N4O2/c25-16-22-20-9-5-4-8-19(20)21(28(22)26)15-23(29)18-10-12-27(13-11-18)24(30)14-17-6-2-1-3-7-17/h1-9,16,18,21H,10-15,25-26H2/b22-16-. The van der Waals surface area contributed by atoms with Crippen LogP contribution in [0.2, 0.25) is 0 Å². The lowest BCUT2D eigenvalue weighted by atomic mass is 9.87. The Labute approximate surface area is 177 Å². The third-order valence-corrected chi connectivity index (χ3v) is 6.26. The van der Waals surface area contributed by atoms with Crippen LogP contribution in [0.1, 0.15) is 42.0 Å². The molecule has 30 heavy (non-hydrogen) atoms. The van der Waals surface area contributed by atoms with Crippen LogP contribution in [0.25, 0.3) is 5.70 Å². The molecule has 156 valence electrons. The van der Waals surface area contributed by atoms with E-state index in [0.717, 1.165) is 22.4 Å². The third-order valence-electron chi connectivity index (χ3n) is 6.26. The van der Waals surface area contributed by atoms with E-state index >= 15 is 0 Å². The number of piperidine rings is 1. The number of carbonyl (C=O) groups excluding carboxylic acids is 2. The highest BCUT2D eigenvalue weighted by atomic mass is 16.2. The smallest absolute Gasteiger partial charge is 0.226 e. The van der Waals surface area contributed by atoms with Crippen LogP contribution in [0.5, 0.6) is 0 Å². The van der Waals surface area contributed by atoms with E-state index in [0.29, 0.717) is 38.8 Å². The molecule has 0 radical (unpaired) electrons. The fourth-order valence-corrected chi connectivity index (χ4v) is 4.55. The van der Waals surface area contributed by atoms with Crippen molar-refractivity contribution in [2.75, 3.05) is 13.1 Å². The summed E-state index contributed by atoms with van der Waals surface area (Å²) < 4.78 is 0. The molecule has 4 N–H and O–H groups in total. The molecule has 2 aliphatic heterocycles. The summed E-state index contributed by atoms with van der Waals surface area (Å²) in [4.78, 5) is 27.5. The number of benzene rings is 2. The summed E-state index contributed by atoms with van der Waals surface area (Å²) in [5.41, 5.74) is 9.57. The number of nitrogens with zero attached hydrogens (tertiary/aromatic N) is 2. The number of carbonyl (C=O) groups is 2. The molecule has 2 heterocycles. The van der Waals surface area contributed by atoms with Gasteiger partial charge in [0.05, 0.1) is 18.2 Å². The minimum absolute atomic E-state index is 0.0303. The summed E-state index contributed by atoms with van der Waals surface area (Å²) in [6, 6.07) is 17.5. The Balaban J connectivity index is 1.34. The highest BCUT2D eigenvalue weighted by Crippen LogP contribution is 2.41. The van der Waals surface area contributed by atoms with Gasteiger partial charge in [-0.15, -0.1) is 0 Å². The third kappa shape index (κ3) is 3.96. The molecule has 0 aromatic heterocycles. The summed E-state index contributed by atoms with van der Waals surface area (Å²) >= 11 is 0. The minimum atomic E-state index is -0.193. The summed E-state index contributed by atoms with van der Waals surface area (Å²) in [6.07, 6.45) is 3.68. The first kappa shape index (κ1) is 20.2. The van der Waals surface area contributed by atoms with Gasteiger partial charge in [0.15, 0.2) is 0 Å². The van der Waals surface area contributed by atoms with Gasteiger partial charge in [0.1, 0.15) is 5.78 Å². The van der Waals surface area contributed by atoms with Gasteiger partial charge < -0.3 is 15.6 Å². The van der Waals surface area contributed by atoms with Gasteiger partial charge in [-0.1, -0.05) is 54.6 Å². The number of hydrazine groups is 1. The molecule has 2 aromatic carbocycles. The number of fused-ring (bicyclic) bond motifs is 1. The molecule has 0 aliphatic carbocycles. The summed E-state index contributed by atoms with van der Waals surface area (Å²) in [7, 11) is 0. The first-order chi connectivity index (χ1) is 14.6. The zero-order chi connectivity index (χ0) is 21.1. The molecule has 1 fully saturated rings. The Morgan fingerprint density at radius 2 is 1.67 bits per heavy atom. The first-order valence-corrected chi connectivity index (χ1v) is 10.5. The second kappa shape index (κ2) is 8.71. The molecule has 0 saturated carbocycles. The average Bonchev–Trinajstić information content (AvgIpc) is 3.05. The predicted octanol–water partition coefficient (Wildman–Crippen LogP) is 2.61. The predicted molar refractivity (Wildman–Crippen MR) is 116 cm³/mol. The van der Waals surface area contributed by atoms with Crippen molar-refractivity contribution in [1.82, 2.24) is 9.91 Å². The van der Waals surface area contributed by atoms with Gasteiger partial charge in [-0.3, -0.25) is 9.59 Å². The van der Waals surface area contributed by atoms with E-state index in [4.69, 9.17) is 11.6 Å². The second-order valence-electron chi connectivity index (χ2n) is 8.05. The first-order valence-electron chi connectivity index (χ1n) is 10.5. The summed E-state index contributed by atoms with van der Waals surface area (Å²) in [5, 5.41) is 1.61. The molecule has 1 amide bonds. The highest BCUT2D eigenvalue weighted by Gasteiger charge is 2.35. The lowest BCUT2D eigenvalue weighted by Crippen LogP contribution is -2.41. The number of hydrogen-bond donors (Lipinski definition) is 2. The van der Waals surface area contributed by atoms with Crippen LogP contribution in [-0.2, 0) is 16.0 Å². The van der Waals surface area contributed by atoms with E-state index < -0.39 is 0 Å². The van der Waals surface area contributed by atoms with Gasteiger partial charge >= 0.3 is 0 Å². The molecule has 1 unspecified atom stereocenters. The molecule has 1 saturated heterocycles. The summed E-state index contributed by atoms with van der Waals surface area (Å²) in [5.74, 6) is 6.58. The fraction of sp³-hybridized carbons (Fsp3) is 0.333. The highest BCUT2D eigenvalue weighted by molar-refractivity contribution is 5.84. The lowest BCUT2D eigenvalue weighted by molar-refractivity contribution is -0.134. The Morgan fingerprint density at radius 3 is 2.37 bits per heavy atom. The van der Waals surface area contributed by atoms with Crippen LogP contribution < -0.4 is 11.6 Å². The fourth-order valence-electron chi connectivity index (χ4n) is 4.55. The molecular weight excluding hydrogens is 376 g/mol. The number of nitrogens with two attached hydrogens (primary N) is 2. The van der Waals surface area contributed by atoms with Gasteiger partial charge in [-0.2, -0.15) is 0 Å². The molecule has 6 heteroatoms. The Morgan fingerprint density at radius 1 is 1.00 bits per heavy atom. The van der Waals surface area contributed by atoms with Crippen molar-refractivity contribution in [3.63, 3.8) is 0 Å². The lowest BCUT2D eigenvalue weighted by Gasteiger charge is -2.32. The van der Waals surface area contributed by atoms with Gasteiger partial charge in [0.2, 0.25) is 5.91 Å². The maximum Gasteiger partial charge on any atom is 0.226 e. The van der Waals surface area contributed by atoms with Crippen molar-refractivity contribution < 1.29 is 9.59 Å². The van der Waals surface area contributed by atoms with Gasteiger partial charge in [-0.05, 0) is 24.0 Å². The van der Waals surface area contributed by atoms with E-state index in [2.05, 4.69) is 0 Å². The Hall–Kier alpha value is -3.12. The number of amides is 1. The van der Waals surface area contributed by atoms with Crippen molar-refractivity contribution >= 4 is 17.4 Å². The molecule has 0 spiro atoms. The topological polar surface area (TPSA) is 92.7 Å². The molecule has 6 nitrogen and oxygen atoms in total. The largest absolute Gasteiger partial charge is 0.403 e. The number of ketones is 1. The molecular formula is C24H28N4O2. The number of Topliss-reactive ketones (excluding diaryl/α,β-unsaturated/α-hetero) is 1. The zero-order valence-electron chi connectivity index (χ0n) is 17.0. The number of rotatable bonds is 5. The number of hydrogen-bond acceptors (Lipinski definition) is 5. The quantitative estimate of drug-likeness (QED) is 0.748. The molecule has 2 aromatic rings. The normalized spacial score (nSPS) is 20.4. The van der Waals surface area contributed by atoms with Crippen LogP contribution in [0, 0.1) is 5.92 Å². The van der Waals surface area contributed by atoms with E-state index in [9.17, 15) is 9.59 Å². The second-order valence-corrected chi connectivity index (χ2v) is 8.05. The van der Waals surface area contributed by atoms with Crippen molar-refractivity contribution in [2.45, 2.75) is 31.7 Å². The minimum Gasteiger partial charge on any atom is -0.403 e. The monoisotopic (exact) mass is 404 g/mol. The van der Waals surface area contributed by atoms with E-state index in [1.807, 2.05) is 59.5 Å². The van der Waals surface area contributed by atoms with E-state index in [1.165, 1.54) is 6.20 Å². The Kier molecular flexibility index (Phi) is 5.86. The maximum absolute atomic E-state index is 13.0. The van der Waals surface area contributed by atoms with Crippen LogP contribution in [0.3, 0.4) is 0 Å². The molecule has 2 aliphatic rings. The van der Waals surface area contributed by atoms with Crippen LogP contribution in [0.15, 0.2) is 60.8 Å². The zero-order valence-corrected chi connectivity index (χ0v) is 17.0. The van der Waals surface area contributed by atoms with Crippen LogP contribution in [-0.4, -0.2) is 34.7 Å². The van der Waals surface area contributed by atoms with Gasteiger partial charge in [0, 0.05) is 37.2 Å². The van der Waals surface area contributed by atoms with Crippen LogP contribution >= 0.6 is 0 Å². The molecule has 0 bridgehead atoms. The van der Waals surface area contributed by atoms with Crippen molar-refractivity contribution in [2.24, 2.45) is 17.5 Å². The molecule has 1 atom stereocenters. The summed E-state index contributed by atoms with van der Waals surface area (Å²) in [6.45, 7) is 1.26. The van der Waals surface area contributed by atoms with Crippen molar-refractivity contribution in [1.29, 1.82) is 0 Å². The SMILES string of the molecule is N/C=C1/c2ccccc2C(CC(=O)C2CCN(C(=O)Cc3ccccc3)CC2)N1N. The van der Waals surface area contributed by atoms with Crippen molar-refractivity contribution in [3.8, 4) is 0 Å². The van der Waals surface area contributed by atoms with E-state index in [-0.39, 0.29) is 23.7 Å². The molecule has 4 rings (SSSR count). The van der Waals surface area contributed by atoms with E-state index in [1.54, 1.807) is 5.01 Å². The maximum atomic E-state index is 13.0. The average molecular weight is 405 g/mol. The van der Waals surface area contributed by atoms with Gasteiger partial charge in [-0.25, -0.2) is 5.84 Å². The van der Waals surface area contributed by atoms with Crippen molar-refractivity contribution in [3.05, 3.63) is 77.5 Å². The Bertz CT molecular complexity index is 949. The van der Waals surface area contributed by atoms with Crippen LogP contribution in [0.4, 0.5) is 0 Å². The number of likely N-dealkylation sites (tertiary alicyclic amines) is 1. The van der Waals surface area contributed by atoms with Gasteiger partial charge in [0.25, 0.3) is 0 Å².